The quantitative estimate of drug-likeness (QED) is 0.0883. The molecular formula is C48H24F10N2. The van der Waals surface area contributed by atoms with Crippen molar-refractivity contribution in [3.05, 3.63) is 204 Å². The van der Waals surface area contributed by atoms with Crippen LogP contribution in [0, 0.1) is 58.2 Å². The molecule has 0 spiro atoms. The van der Waals surface area contributed by atoms with Crippen molar-refractivity contribution in [2.24, 2.45) is 0 Å². The minimum Gasteiger partial charge on any atom is -0.311 e. The lowest BCUT2D eigenvalue weighted by atomic mass is 10.0. The highest BCUT2D eigenvalue weighted by Gasteiger charge is 2.28. The number of benzene rings is 8. The molecule has 60 heavy (non-hydrogen) atoms. The number of aromatic nitrogens is 1. The molecule has 0 bridgehead atoms. The fourth-order valence-electron chi connectivity index (χ4n) is 7.53. The van der Waals surface area contributed by atoms with Crippen LogP contribution in [0.3, 0.4) is 0 Å². The summed E-state index contributed by atoms with van der Waals surface area (Å²) in [6.07, 6.45) is 0. The van der Waals surface area contributed by atoms with E-state index in [1.165, 1.54) is 24.3 Å². The summed E-state index contributed by atoms with van der Waals surface area (Å²) in [5.74, 6) is -21.1. The van der Waals surface area contributed by atoms with Gasteiger partial charge in [-0.2, -0.15) is 0 Å². The minimum atomic E-state index is -2.30. The van der Waals surface area contributed by atoms with Crippen molar-refractivity contribution < 1.29 is 43.9 Å². The van der Waals surface area contributed by atoms with Crippen LogP contribution in [-0.2, 0) is 0 Å². The molecule has 0 aliphatic heterocycles. The maximum atomic E-state index is 14.8. The zero-order valence-corrected chi connectivity index (χ0v) is 30.5. The SMILES string of the molecule is Fc1c(F)c(F)c(-c2ccc(N(c3ccc(-c4ccc5c(c4)c4ccccc4n5-c4ccccc4)cc3)c3ccc(-c4c(F)c(F)c(F)c(F)c4F)cc3)cc2)c(F)c1F. The highest BCUT2D eigenvalue weighted by atomic mass is 19.2. The van der Waals surface area contributed by atoms with Crippen LogP contribution in [0.15, 0.2) is 146 Å². The number of hydrogen-bond donors (Lipinski definition) is 0. The molecule has 296 valence electrons. The van der Waals surface area contributed by atoms with Crippen LogP contribution < -0.4 is 4.90 Å². The predicted octanol–water partition coefficient (Wildman–Crippen LogP) is 14.6. The number of hydrogen-bond acceptors (Lipinski definition) is 1. The highest BCUT2D eigenvalue weighted by Crippen LogP contribution is 2.41. The standard InChI is InChI=1S/C48H24F10N2/c49-39-37(40(50)44(54)47(57)43(39)53)26-12-19-31(20-13-26)59(32-21-14-27(15-22-32)38-41(51)45(55)48(58)46(56)42(38)52)30-17-10-25(11-18-30)28-16-23-36-34(24-28)33-8-4-5-9-35(33)60(36)29-6-2-1-3-7-29/h1-24H. The van der Waals surface area contributed by atoms with E-state index in [-0.39, 0.29) is 11.1 Å². The third-order valence-corrected chi connectivity index (χ3v) is 10.4. The van der Waals surface area contributed by atoms with Gasteiger partial charge in [-0.05, 0) is 89.0 Å². The Morgan fingerprint density at radius 1 is 0.300 bits per heavy atom. The summed E-state index contributed by atoms with van der Waals surface area (Å²) < 4.78 is 145. The van der Waals surface area contributed by atoms with E-state index in [9.17, 15) is 43.9 Å². The molecule has 0 fully saturated rings. The summed E-state index contributed by atoms with van der Waals surface area (Å²) in [6.45, 7) is 0. The minimum absolute atomic E-state index is 0.300. The molecule has 0 saturated heterocycles. The summed E-state index contributed by atoms with van der Waals surface area (Å²) in [5.41, 5.74) is 2.89. The van der Waals surface area contributed by atoms with Crippen LogP contribution in [0.4, 0.5) is 61.0 Å². The Kier molecular flexibility index (Phi) is 9.42. The molecule has 9 aromatic rings. The van der Waals surface area contributed by atoms with E-state index in [4.69, 9.17) is 0 Å². The molecule has 0 N–H and O–H groups in total. The van der Waals surface area contributed by atoms with E-state index < -0.39 is 69.3 Å². The number of fused-ring (bicyclic) bond motifs is 3. The molecule has 8 aromatic carbocycles. The number of para-hydroxylation sites is 2. The summed E-state index contributed by atoms with van der Waals surface area (Å²) >= 11 is 0. The Labute approximate surface area is 334 Å². The van der Waals surface area contributed by atoms with Crippen LogP contribution in [-0.4, -0.2) is 4.57 Å². The van der Waals surface area contributed by atoms with E-state index in [2.05, 4.69) is 22.8 Å². The maximum Gasteiger partial charge on any atom is 0.200 e. The van der Waals surface area contributed by atoms with E-state index in [1.54, 1.807) is 17.0 Å². The Balaban J connectivity index is 1.13. The second-order valence-electron chi connectivity index (χ2n) is 13.8. The number of nitrogens with zero attached hydrogens (tertiary/aromatic N) is 2. The topological polar surface area (TPSA) is 8.17 Å². The molecule has 0 saturated carbocycles. The van der Waals surface area contributed by atoms with Gasteiger partial charge in [0.2, 0.25) is 11.6 Å². The summed E-state index contributed by atoms with van der Waals surface area (Å²) in [5, 5.41) is 2.06. The average molecular weight is 819 g/mol. The molecule has 0 aliphatic carbocycles. The lowest BCUT2D eigenvalue weighted by molar-refractivity contribution is 0.381. The van der Waals surface area contributed by atoms with Crippen LogP contribution in [0.2, 0.25) is 0 Å². The van der Waals surface area contributed by atoms with Gasteiger partial charge >= 0.3 is 0 Å². The summed E-state index contributed by atoms with van der Waals surface area (Å²) in [7, 11) is 0. The van der Waals surface area contributed by atoms with Gasteiger partial charge < -0.3 is 9.47 Å². The summed E-state index contributed by atoms with van der Waals surface area (Å²) in [4.78, 5) is 1.60. The van der Waals surface area contributed by atoms with Crippen LogP contribution >= 0.6 is 0 Å². The molecule has 0 unspecified atom stereocenters. The summed E-state index contributed by atoms with van der Waals surface area (Å²) in [6, 6.07) is 41.3. The first-order valence-electron chi connectivity index (χ1n) is 18.2. The van der Waals surface area contributed by atoms with Crippen LogP contribution in [0.5, 0.6) is 0 Å². The molecular weight excluding hydrogens is 795 g/mol. The predicted molar refractivity (Wildman–Crippen MR) is 211 cm³/mol. The third kappa shape index (κ3) is 6.14. The average Bonchev–Trinajstić information content (AvgIpc) is 3.62. The van der Waals surface area contributed by atoms with Gasteiger partial charge in [-0.25, -0.2) is 43.9 Å². The van der Waals surface area contributed by atoms with Gasteiger partial charge in [-0.1, -0.05) is 78.9 Å². The first-order chi connectivity index (χ1) is 28.9. The second kappa shape index (κ2) is 14.8. The van der Waals surface area contributed by atoms with Gasteiger partial charge in [-0.15, -0.1) is 0 Å². The largest absolute Gasteiger partial charge is 0.311 e. The Morgan fingerprint density at radius 3 is 1.13 bits per heavy atom. The van der Waals surface area contributed by atoms with Crippen molar-refractivity contribution in [2.45, 2.75) is 0 Å². The maximum absolute atomic E-state index is 14.8. The monoisotopic (exact) mass is 818 g/mol. The Hall–Kier alpha value is -7.34. The van der Waals surface area contributed by atoms with Crippen molar-refractivity contribution in [3.63, 3.8) is 0 Å². The Bertz CT molecular complexity index is 2960. The van der Waals surface area contributed by atoms with E-state index in [1.807, 2.05) is 66.7 Å². The number of rotatable bonds is 7. The van der Waals surface area contributed by atoms with Gasteiger partial charge in [0.05, 0.1) is 22.2 Å². The first kappa shape index (κ1) is 38.2. The second-order valence-corrected chi connectivity index (χ2v) is 13.8. The van der Waals surface area contributed by atoms with Gasteiger partial charge in [0.1, 0.15) is 0 Å². The van der Waals surface area contributed by atoms with Gasteiger partial charge in [-0.3, -0.25) is 0 Å². The highest BCUT2D eigenvalue weighted by molar-refractivity contribution is 6.10. The van der Waals surface area contributed by atoms with Crippen molar-refractivity contribution in [1.29, 1.82) is 0 Å². The fraction of sp³-hybridized carbons (Fsp3) is 0. The molecule has 0 radical (unpaired) electrons. The molecule has 1 heterocycles. The zero-order chi connectivity index (χ0) is 42.0. The van der Waals surface area contributed by atoms with Crippen LogP contribution in [0.1, 0.15) is 0 Å². The van der Waals surface area contributed by atoms with E-state index >= 15 is 0 Å². The van der Waals surface area contributed by atoms with Crippen molar-refractivity contribution in [2.75, 3.05) is 4.90 Å². The lowest BCUT2D eigenvalue weighted by Crippen LogP contribution is -2.10. The molecule has 0 atom stereocenters. The number of anilines is 3. The molecule has 0 aliphatic rings. The van der Waals surface area contributed by atoms with E-state index in [0.29, 0.717) is 17.1 Å². The molecule has 12 heteroatoms. The fourth-order valence-corrected chi connectivity index (χ4v) is 7.53. The Morgan fingerprint density at radius 2 is 0.667 bits per heavy atom. The van der Waals surface area contributed by atoms with E-state index in [0.717, 1.165) is 62.9 Å². The van der Waals surface area contributed by atoms with Gasteiger partial charge in [0, 0.05) is 33.5 Å². The molecule has 9 rings (SSSR count). The van der Waals surface area contributed by atoms with Gasteiger partial charge in [0.25, 0.3) is 0 Å². The van der Waals surface area contributed by atoms with Crippen molar-refractivity contribution >= 4 is 38.9 Å². The number of halogens is 10. The van der Waals surface area contributed by atoms with Gasteiger partial charge in [0.15, 0.2) is 46.5 Å². The first-order valence-corrected chi connectivity index (χ1v) is 18.2. The molecule has 1 aromatic heterocycles. The third-order valence-electron chi connectivity index (χ3n) is 10.4. The van der Waals surface area contributed by atoms with Crippen molar-refractivity contribution in [1.82, 2.24) is 4.57 Å². The molecule has 0 amide bonds. The van der Waals surface area contributed by atoms with Crippen molar-refractivity contribution in [3.8, 4) is 39.1 Å². The zero-order valence-electron chi connectivity index (χ0n) is 30.5. The normalized spacial score (nSPS) is 11.5. The smallest absolute Gasteiger partial charge is 0.200 e. The van der Waals surface area contributed by atoms with Crippen LogP contribution in [0.25, 0.3) is 60.9 Å². The lowest BCUT2D eigenvalue weighted by Gasteiger charge is -2.26. The molecule has 2 nitrogen and oxygen atoms in total.